The Kier molecular flexibility index (Phi) is 5.55. The molecule has 1 aromatic carbocycles. The summed E-state index contributed by atoms with van der Waals surface area (Å²) in [6, 6.07) is 9.00. The van der Waals surface area contributed by atoms with Crippen LogP contribution in [0, 0.1) is 0 Å². The highest BCUT2D eigenvalue weighted by Crippen LogP contribution is 2.28. The van der Waals surface area contributed by atoms with Gasteiger partial charge in [0.25, 0.3) is 0 Å². The summed E-state index contributed by atoms with van der Waals surface area (Å²) < 4.78 is 11.5. The van der Waals surface area contributed by atoms with Crippen LogP contribution in [0.2, 0.25) is 5.02 Å². The van der Waals surface area contributed by atoms with E-state index in [1.807, 2.05) is 38.2 Å². The Balaban J connectivity index is 1.28. The summed E-state index contributed by atoms with van der Waals surface area (Å²) in [4.78, 5) is 4.42. The van der Waals surface area contributed by atoms with Gasteiger partial charge in [0, 0.05) is 40.9 Å². The molecule has 0 spiro atoms. The zero-order valence-corrected chi connectivity index (χ0v) is 16.8. The second kappa shape index (κ2) is 7.92. The number of anilines is 1. The number of rotatable bonds is 5. The number of hydrogen-bond acceptors (Lipinski definition) is 5. The predicted molar refractivity (Wildman–Crippen MR) is 109 cm³/mol. The zero-order chi connectivity index (χ0) is 18.9. The van der Waals surface area contributed by atoms with Gasteiger partial charge in [-0.05, 0) is 63.8 Å². The molecule has 1 saturated heterocycles. The molecule has 5 nitrogen and oxygen atoms in total. The van der Waals surface area contributed by atoms with Crippen LogP contribution in [-0.2, 0) is 9.47 Å². The normalized spacial score (nSPS) is 27.7. The third-order valence-electron chi connectivity index (χ3n) is 5.49. The number of fused-ring (bicyclic) bond motifs is 1. The lowest BCUT2D eigenvalue weighted by Gasteiger charge is -2.31. The minimum absolute atomic E-state index is 0.158. The van der Waals surface area contributed by atoms with Gasteiger partial charge in [0.1, 0.15) is 0 Å². The SMILES string of the molecule is CC1(C)OC[C@H](CNC2CCC(Nc3ccnc4cc(Cl)ccc34)CC2)O1. The van der Waals surface area contributed by atoms with Crippen LogP contribution in [0.25, 0.3) is 10.9 Å². The van der Waals surface area contributed by atoms with Gasteiger partial charge in [0.15, 0.2) is 5.79 Å². The quantitative estimate of drug-likeness (QED) is 0.796. The van der Waals surface area contributed by atoms with Crippen molar-refractivity contribution in [3.63, 3.8) is 0 Å². The van der Waals surface area contributed by atoms with E-state index in [1.165, 1.54) is 12.8 Å². The fourth-order valence-corrected chi connectivity index (χ4v) is 4.24. The highest BCUT2D eigenvalue weighted by molar-refractivity contribution is 6.31. The summed E-state index contributed by atoms with van der Waals surface area (Å²) in [6.45, 7) is 5.49. The van der Waals surface area contributed by atoms with Crippen molar-refractivity contribution >= 4 is 28.2 Å². The topological polar surface area (TPSA) is 55.4 Å². The van der Waals surface area contributed by atoms with Crippen LogP contribution in [0.15, 0.2) is 30.5 Å². The Hall–Kier alpha value is -1.40. The molecule has 2 aromatic rings. The molecular formula is C21H28ClN3O2. The molecule has 1 atom stereocenters. The van der Waals surface area contributed by atoms with Gasteiger partial charge in [-0.1, -0.05) is 11.6 Å². The summed E-state index contributed by atoms with van der Waals surface area (Å²) in [5.41, 5.74) is 2.08. The first-order chi connectivity index (χ1) is 13.0. The van der Waals surface area contributed by atoms with Gasteiger partial charge >= 0.3 is 0 Å². The minimum Gasteiger partial charge on any atom is -0.382 e. The van der Waals surface area contributed by atoms with Gasteiger partial charge in [-0.3, -0.25) is 4.98 Å². The smallest absolute Gasteiger partial charge is 0.163 e. The summed E-state index contributed by atoms with van der Waals surface area (Å²) in [6.07, 6.45) is 6.66. The number of benzene rings is 1. The highest BCUT2D eigenvalue weighted by Gasteiger charge is 2.33. The number of nitrogens with zero attached hydrogens (tertiary/aromatic N) is 1. The van der Waals surface area contributed by atoms with E-state index in [4.69, 9.17) is 21.1 Å². The number of ether oxygens (including phenoxy) is 2. The van der Waals surface area contributed by atoms with Gasteiger partial charge < -0.3 is 20.1 Å². The lowest BCUT2D eigenvalue weighted by molar-refractivity contribution is -0.137. The number of aromatic nitrogens is 1. The predicted octanol–water partition coefficient (Wildman–Crippen LogP) is 4.35. The van der Waals surface area contributed by atoms with Crippen molar-refractivity contribution in [2.24, 2.45) is 0 Å². The molecule has 0 unspecified atom stereocenters. The maximum absolute atomic E-state index is 6.09. The molecule has 1 aliphatic carbocycles. The average Bonchev–Trinajstić information content (AvgIpc) is 3.00. The first kappa shape index (κ1) is 18.9. The molecule has 2 N–H and O–H groups in total. The van der Waals surface area contributed by atoms with E-state index < -0.39 is 5.79 Å². The molecule has 6 heteroatoms. The van der Waals surface area contributed by atoms with E-state index in [0.717, 1.165) is 41.0 Å². The van der Waals surface area contributed by atoms with Gasteiger partial charge in [-0.15, -0.1) is 0 Å². The molecule has 4 rings (SSSR count). The van der Waals surface area contributed by atoms with Crippen molar-refractivity contribution in [1.29, 1.82) is 0 Å². The van der Waals surface area contributed by atoms with Crippen molar-refractivity contribution in [1.82, 2.24) is 10.3 Å². The van der Waals surface area contributed by atoms with Crippen LogP contribution in [0.3, 0.4) is 0 Å². The number of pyridine rings is 1. The second-order valence-corrected chi connectivity index (χ2v) is 8.51. The van der Waals surface area contributed by atoms with Crippen LogP contribution in [0.5, 0.6) is 0 Å². The van der Waals surface area contributed by atoms with Crippen LogP contribution in [-0.4, -0.2) is 42.1 Å². The Morgan fingerprint density at radius 1 is 1.15 bits per heavy atom. The van der Waals surface area contributed by atoms with E-state index in [-0.39, 0.29) is 6.10 Å². The van der Waals surface area contributed by atoms with Crippen molar-refractivity contribution in [2.45, 2.75) is 63.5 Å². The molecule has 0 amide bonds. The molecule has 1 aliphatic heterocycles. The summed E-state index contributed by atoms with van der Waals surface area (Å²) in [7, 11) is 0. The average molecular weight is 390 g/mol. The van der Waals surface area contributed by atoms with Crippen LogP contribution in [0.4, 0.5) is 5.69 Å². The van der Waals surface area contributed by atoms with E-state index in [0.29, 0.717) is 18.7 Å². The second-order valence-electron chi connectivity index (χ2n) is 8.07. The summed E-state index contributed by atoms with van der Waals surface area (Å²) in [5, 5.41) is 9.23. The molecule has 27 heavy (non-hydrogen) atoms. The van der Waals surface area contributed by atoms with Crippen molar-refractivity contribution in [3.8, 4) is 0 Å². The van der Waals surface area contributed by atoms with Crippen LogP contribution >= 0.6 is 11.6 Å². The van der Waals surface area contributed by atoms with Crippen LogP contribution in [0.1, 0.15) is 39.5 Å². The van der Waals surface area contributed by atoms with Gasteiger partial charge in [0.2, 0.25) is 0 Å². The van der Waals surface area contributed by atoms with Gasteiger partial charge in [0.05, 0.1) is 18.2 Å². The molecule has 146 valence electrons. The molecule has 2 fully saturated rings. The van der Waals surface area contributed by atoms with E-state index in [1.54, 1.807) is 0 Å². The number of hydrogen-bond donors (Lipinski definition) is 2. The molecule has 1 saturated carbocycles. The Morgan fingerprint density at radius 2 is 1.93 bits per heavy atom. The molecular weight excluding hydrogens is 362 g/mol. The zero-order valence-electron chi connectivity index (χ0n) is 16.0. The Morgan fingerprint density at radius 3 is 2.67 bits per heavy atom. The molecule has 1 aromatic heterocycles. The van der Waals surface area contributed by atoms with E-state index in [9.17, 15) is 0 Å². The maximum atomic E-state index is 6.09. The fourth-order valence-electron chi connectivity index (χ4n) is 4.07. The third kappa shape index (κ3) is 4.72. The first-order valence-corrected chi connectivity index (χ1v) is 10.2. The van der Waals surface area contributed by atoms with Crippen molar-refractivity contribution < 1.29 is 9.47 Å². The highest BCUT2D eigenvalue weighted by atomic mass is 35.5. The Bertz CT molecular complexity index is 790. The monoisotopic (exact) mass is 389 g/mol. The molecule has 2 heterocycles. The van der Waals surface area contributed by atoms with Crippen molar-refractivity contribution in [3.05, 3.63) is 35.5 Å². The third-order valence-corrected chi connectivity index (χ3v) is 5.73. The van der Waals surface area contributed by atoms with E-state index in [2.05, 4.69) is 21.7 Å². The van der Waals surface area contributed by atoms with Gasteiger partial charge in [-0.2, -0.15) is 0 Å². The largest absolute Gasteiger partial charge is 0.382 e. The fraction of sp³-hybridized carbons (Fsp3) is 0.571. The number of nitrogens with one attached hydrogen (secondary N) is 2. The Labute approximate surface area is 165 Å². The minimum atomic E-state index is -0.439. The molecule has 0 radical (unpaired) electrons. The standard InChI is InChI=1S/C21H28ClN3O2/c1-21(2)26-13-17(27-21)12-24-15-4-6-16(7-5-15)25-19-9-10-23-20-11-14(22)3-8-18(19)20/h3,8-11,15-17,24H,4-7,12-13H2,1-2H3,(H,23,25)/t15?,16?,17-/m0/s1. The van der Waals surface area contributed by atoms with Crippen molar-refractivity contribution in [2.75, 3.05) is 18.5 Å². The lowest BCUT2D eigenvalue weighted by atomic mass is 9.90. The summed E-state index contributed by atoms with van der Waals surface area (Å²) in [5.74, 6) is -0.439. The summed E-state index contributed by atoms with van der Waals surface area (Å²) >= 11 is 6.09. The first-order valence-electron chi connectivity index (χ1n) is 9.84. The lowest BCUT2D eigenvalue weighted by Crippen LogP contribution is -2.41. The molecule has 2 aliphatic rings. The maximum Gasteiger partial charge on any atom is 0.163 e. The number of halogens is 1. The van der Waals surface area contributed by atoms with Gasteiger partial charge in [-0.25, -0.2) is 0 Å². The molecule has 0 bridgehead atoms. The van der Waals surface area contributed by atoms with E-state index >= 15 is 0 Å². The van der Waals surface area contributed by atoms with Crippen LogP contribution < -0.4 is 10.6 Å².